The number of aromatic amines is 1. The van der Waals surface area contributed by atoms with E-state index in [2.05, 4.69) is 14.9 Å². The second-order valence-corrected chi connectivity index (χ2v) is 10.1. The minimum atomic E-state index is -0.688. The second kappa shape index (κ2) is 8.65. The summed E-state index contributed by atoms with van der Waals surface area (Å²) in [5, 5.41) is 9.01. The topological polar surface area (TPSA) is 91.3 Å². The number of aromatic nitrogens is 3. The van der Waals surface area contributed by atoms with Crippen molar-refractivity contribution < 1.29 is 19.0 Å². The van der Waals surface area contributed by atoms with Gasteiger partial charge in [-0.2, -0.15) is 0 Å². The lowest BCUT2D eigenvalue weighted by atomic mass is 9.85. The lowest BCUT2D eigenvalue weighted by Gasteiger charge is -2.36. The predicted octanol–water partition coefficient (Wildman–Crippen LogP) is 4.78. The Morgan fingerprint density at radius 1 is 1.18 bits per heavy atom. The molecule has 1 unspecified atom stereocenters. The molecule has 3 atom stereocenters. The molecule has 1 saturated heterocycles. The molecule has 0 spiro atoms. The van der Waals surface area contributed by atoms with Gasteiger partial charge in [0.1, 0.15) is 17.5 Å². The summed E-state index contributed by atoms with van der Waals surface area (Å²) in [5.74, 6) is 1.51. The van der Waals surface area contributed by atoms with Crippen molar-refractivity contribution in [1.82, 2.24) is 15.0 Å². The molecule has 3 fully saturated rings. The van der Waals surface area contributed by atoms with E-state index in [9.17, 15) is 9.18 Å². The van der Waals surface area contributed by atoms with Gasteiger partial charge in [0.15, 0.2) is 0 Å². The molecule has 1 aliphatic heterocycles. The van der Waals surface area contributed by atoms with E-state index in [0.717, 1.165) is 62.0 Å². The van der Waals surface area contributed by atoms with Gasteiger partial charge in [0.05, 0.1) is 23.2 Å². The average molecular weight is 465 g/mol. The number of H-pyrrole nitrogens is 1. The highest BCUT2D eigenvalue weighted by molar-refractivity contribution is 5.79. The summed E-state index contributed by atoms with van der Waals surface area (Å²) in [7, 11) is 0. The largest absolute Gasteiger partial charge is 0.481 e. The molecule has 2 bridgehead atoms. The molecular weight excluding hydrogens is 435 g/mol. The number of pyridine rings is 1. The highest BCUT2D eigenvalue weighted by Crippen LogP contribution is 2.43. The van der Waals surface area contributed by atoms with Crippen LogP contribution in [0.1, 0.15) is 44.9 Å². The zero-order valence-corrected chi connectivity index (χ0v) is 19.0. The van der Waals surface area contributed by atoms with E-state index in [1.54, 1.807) is 6.07 Å². The number of carboxylic acids is 1. The number of fused-ring (bicyclic) bond motifs is 3. The Morgan fingerprint density at radius 3 is 2.74 bits per heavy atom. The maximum absolute atomic E-state index is 13.5. The smallest absolute Gasteiger partial charge is 0.303 e. The molecule has 7 nitrogen and oxygen atoms in total. The molecule has 2 N–H and O–H groups in total. The summed E-state index contributed by atoms with van der Waals surface area (Å²) in [5.41, 5.74) is 2.29. The van der Waals surface area contributed by atoms with E-state index in [0.29, 0.717) is 35.3 Å². The maximum Gasteiger partial charge on any atom is 0.303 e. The summed E-state index contributed by atoms with van der Waals surface area (Å²) in [4.78, 5) is 25.8. The lowest BCUT2D eigenvalue weighted by Crippen LogP contribution is -2.40. The van der Waals surface area contributed by atoms with Crippen molar-refractivity contribution in [2.45, 2.75) is 63.2 Å². The van der Waals surface area contributed by atoms with Gasteiger partial charge in [-0.3, -0.25) is 4.79 Å². The van der Waals surface area contributed by atoms with Crippen LogP contribution in [0.25, 0.3) is 22.4 Å². The predicted molar refractivity (Wildman–Crippen MR) is 126 cm³/mol. The van der Waals surface area contributed by atoms with E-state index in [1.165, 1.54) is 12.1 Å². The number of benzene rings is 1. The number of nitrogens with zero attached hydrogens (tertiary/aromatic N) is 3. The Bertz CT molecular complexity index is 1190. The fourth-order valence-electron chi connectivity index (χ4n) is 6.13. The number of hydrogen-bond donors (Lipinski definition) is 2. The van der Waals surface area contributed by atoms with Crippen LogP contribution in [0.3, 0.4) is 0 Å². The number of rotatable bonds is 6. The molecule has 0 amide bonds. The SMILES string of the molecule is O=C(O)C[C@H]1CC[C@@H](O[C@@H]2CC3C[C@H]2CN3c2ccc(-c3nc4cc(F)ccc4[nH]3)cn2)CC1. The summed E-state index contributed by atoms with van der Waals surface area (Å²) < 4.78 is 20.0. The van der Waals surface area contributed by atoms with Crippen molar-refractivity contribution in [3.8, 4) is 11.4 Å². The standard InChI is InChI=1S/C26H29FN4O3/c27-18-4-7-21-22(11-18)30-26(29-21)16-3-8-24(28-13-16)31-14-17-10-19(31)12-23(17)34-20-5-1-15(2-6-20)9-25(32)33/h3-4,7-8,11,13,15,17,19-20,23H,1-2,5-6,9-10,12,14H2,(H,29,30)(H,32,33)/t15-,17-,19?,20+,23+/m0/s1. The fraction of sp³-hybridized carbons (Fsp3) is 0.500. The maximum atomic E-state index is 13.5. The number of imidazole rings is 1. The van der Waals surface area contributed by atoms with Gasteiger partial charge in [-0.25, -0.2) is 14.4 Å². The quantitative estimate of drug-likeness (QED) is 0.546. The van der Waals surface area contributed by atoms with Crippen LogP contribution in [-0.2, 0) is 9.53 Å². The molecule has 2 aromatic heterocycles. The number of carboxylic acid groups (broad SMARTS) is 1. The molecule has 2 saturated carbocycles. The first-order valence-corrected chi connectivity index (χ1v) is 12.3. The van der Waals surface area contributed by atoms with Gasteiger partial charge in [0.25, 0.3) is 0 Å². The molecule has 3 aliphatic rings. The Hall–Kier alpha value is -3.00. The Labute approximate surface area is 197 Å². The average Bonchev–Trinajstić information content (AvgIpc) is 3.54. The Kier molecular flexibility index (Phi) is 5.48. The summed E-state index contributed by atoms with van der Waals surface area (Å²) >= 11 is 0. The van der Waals surface area contributed by atoms with Crippen molar-refractivity contribution in [1.29, 1.82) is 0 Å². The third-order valence-corrected chi connectivity index (χ3v) is 7.86. The Balaban J connectivity index is 1.06. The molecule has 8 heteroatoms. The third-order valence-electron chi connectivity index (χ3n) is 7.86. The van der Waals surface area contributed by atoms with Gasteiger partial charge in [0, 0.05) is 42.8 Å². The summed E-state index contributed by atoms with van der Waals surface area (Å²) in [6, 6.07) is 9.07. The minimum absolute atomic E-state index is 0.275. The van der Waals surface area contributed by atoms with Crippen molar-refractivity contribution in [3.05, 3.63) is 42.3 Å². The van der Waals surface area contributed by atoms with E-state index >= 15 is 0 Å². The van der Waals surface area contributed by atoms with Crippen LogP contribution in [0.4, 0.5) is 10.2 Å². The molecule has 6 rings (SSSR count). The first-order valence-electron chi connectivity index (χ1n) is 12.3. The number of hydrogen-bond acceptors (Lipinski definition) is 5. The fourth-order valence-corrected chi connectivity index (χ4v) is 6.13. The summed E-state index contributed by atoms with van der Waals surface area (Å²) in [6.45, 7) is 0.958. The monoisotopic (exact) mass is 464 g/mol. The van der Waals surface area contributed by atoms with Crippen LogP contribution in [-0.4, -0.2) is 50.8 Å². The normalized spacial score (nSPS) is 28.6. The third kappa shape index (κ3) is 4.15. The molecule has 2 aliphatic carbocycles. The number of carbonyl (C=O) groups is 1. The van der Waals surface area contributed by atoms with Crippen molar-refractivity contribution in [2.75, 3.05) is 11.4 Å². The van der Waals surface area contributed by atoms with E-state index in [4.69, 9.17) is 14.8 Å². The van der Waals surface area contributed by atoms with Gasteiger partial charge in [-0.05, 0) is 68.7 Å². The van der Waals surface area contributed by atoms with Gasteiger partial charge < -0.3 is 19.7 Å². The molecule has 0 radical (unpaired) electrons. The lowest BCUT2D eigenvalue weighted by molar-refractivity contribution is -0.138. The molecule has 178 valence electrons. The number of nitrogens with one attached hydrogen (secondary N) is 1. The van der Waals surface area contributed by atoms with Crippen LogP contribution >= 0.6 is 0 Å². The zero-order chi connectivity index (χ0) is 23.2. The van der Waals surface area contributed by atoms with Crippen LogP contribution in [0, 0.1) is 17.7 Å². The number of piperidine rings is 1. The number of ether oxygens (including phenoxy) is 1. The van der Waals surface area contributed by atoms with Crippen LogP contribution in [0.5, 0.6) is 0 Å². The Morgan fingerprint density at radius 2 is 2.03 bits per heavy atom. The number of aliphatic carboxylic acids is 1. The number of anilines is 1. The molecule has 3 heterocycles. The van der Waals surface area contributed by atoms with E-state index < -0.39 is 5.97 Å². The molecule has 3 aromatic rings. The van der Waals surface area contributed by atoms with Gasteiger partial charge in [-0.15, -0.1) is 0 Å². The molecule has 1 aromatic carbocycles. The highest BCUT2D eigenvalue weighted by atomic mass is 19.1. The molecular formula is C26H29FN4O3. The summed E-state index contributed by atoms with van der Waals surface area (Å²) in [6.07, 6.45) is 8.74. The van der Waals surface area contributed by atoms with E-state index in [1.807, 2.05) is 18.3 Å². The van der Waals surface area contributed by atoms with Gasteiger partial charge >= 0.3 is 5.97 Å². The highest BCUT2D eigenvalue weighted by Gasteiger charge is 2.46. The first kappa shape index (κ1) is 21.5. The van der Waals surface area contributed by atoms with Crippen molar-refractivity contribution in [2.24, 2.45) is 11.8 Å². The van der Waals surface area contributed by atoms with E-state index in [-0.39, 0.29) is 18.3 Å². The van der Waals surface area contributed by atoms with Crippen LogP contribution < -0.4 is 4.90 Å². The minimum Gasteiger partial charge on any atom is -0.481 e. The number of halogens is 1. The van der Waals surface area contributed by atoms with Crippen LogP contribution in [0.2, 0.25) is 0 Å². The zero-order valence-electron chi connectivity index (χ0n) is 19.0. The van der Waals surface area contributed by atoms with Crippen molar-refractivity contribution in [3.63, 3.8) is 0 Å². The second-order valence-electron chi connectivity index (χ2n) is 10.1. The van der Waals surface area contributed by atoms with Gasteiger partial charge in [-0.1, -0.05) is 0 Å². The first-order chi connectivity index (χ1) is 16.5. The molecule has 34 heavy (non-hydrogen) atoms. The van der Waals surface area contributed by atoms with Gasteiger partial charge in [0.2, 0.25) is 0 Å². The van der Waals surface area contributed by atoms with Crippen molar-refractivity contribution >= 4 is 22.8 Å². The van der Waals surface area contributed by atoms with Crippen LogP contribution in [0.15, 0.2) is 36.5 Å².